The fourth-order valence-corrected chi connectivity index (χ4v) is 2.63. The number of carbonyl (C=O) groups excluding carboxylic acids is 1. The van der Waals surface area contributed by atoms with Gasteiger partial charge in [0, 0.05) is 18.0 Å². The predicted molar refractivity (Wildman–Crippen MR) is 64.8 cm³/mol. The fraction of sp³-hybridized carbons (Fsp3) is 0.462. The van der Waals surface area contributed by atoms with E-state index in [1.807, 2.05) is 29.2 Å². The van der Waals surface area contributed by atoms with Crippen molar-refractivity contribution in [3.8, 4) is 0 Å². The van der Waals surface area contributed by atoms with Crippen LogP contribution in [-0.2, 0) is 16.1 Å². The highest BCUT2D eigenvalue weighted by Gasteiger charge is 2.42. The summed E-state index contributed by atoms with van der Waals surface area (Å²) in [4.78, 5) is 13.8. The Labute approximate surface area is 105 Å². The van der Waals surface area contributed by atoms with E-state index in [4.69, 9.17) is 16.3 Å². The van der Waals surface area contributed by atoms with Crippen LogP contribution in [0.15, 0.2) is 24.3 Å². The molecule has 4 heteroatoms. The van der Waals surface area contributed by atoms with Crippen molar-refractivity contribution in [1.29, 1.82) is 0 Å². The molecule has 2 atom stereocenters. The van der Waals surface area contributed by atoms with Crippen LogP contribution in [0, 0.1) is 0 Å². The van der Waals surface area contributed by atoms with E-state index in [0.29, 0.717) is 13.0 Å². The molecule has 0 unspecified atom stereocenters. The standard InChI is InChI=1S/C13H14ClNO2/c14-10-4-2-1-3-9(10)7-15-11(12-8-17-12)5-6-13(15)16/h1-4,11-12H,5-8H2/t11-,12+/m0/s1. The molecule has 3 rings (SSSR count). The molecule has 2 saturated heterocycles. The Bertz CT molecular complexity index is 445. The van der Waals surface area contributed by atoms with Crippen LogP contribution in [0.25, 0.3) is 0 Å². The van der Waals surface area contributed by atoms with Crippen LogP contribution in [-0.4, -0.2) is 29.6 Å². The van der Waals surface area contributed by atoms with E-state index in [1.165, 1.54) is 0 Å². The highest BCUT2D eigenvalue weighted by molar-refractivity contribution is 6.31. The summed E-state index contributed by atoms with van der Waals surface area (Å²) in [6, 6.07) is 7.93. The van der Waals surface area contributed by atoms with E-state index in [2.05, 4.69) is 0 Å². The lowest BCUT2D eigenvalue weighted by Gasteiger charge is -2.24. The van der Waals surface area contributed by atoms with Crippen molar-refractivity contribution in [2.24, 2.45) is 0 Å². The molecule has 1 amide bonds. The van der Waals surface area contributed by atoms with Crippen molar-refractivity contribution in [1.82, 2.24) is 4.90 Å². The van der Waals surface area contributed by atoms with Crippen molar-refractivity contribution in [3.05, 3.63) is 34.9 Å². The summed E-state index contributed by atoms with van der Waals surface area (Å²) in [6.45, 7) is 1.39. The number of ether oxygens (including phenoxy) is 1. The molecule has 0 bridgehead atoms. The molecular weight excluding hydrogens is 238 g/mol. The van der Waals surface area contributed by atoms with Gasteiger partial charge in [0.25, 0.3) is 0 Å². The SMILES string of the molecule is O=C1CC[C@@H]([C@H]2CO2)N1Cc1ccccc1Cl. The monoisotopic (exact) mass is 251 g/mol. The average molecular weight is 252 g/mol. The third-order valence-electron chi connectivity index (χ3n) is 3.46. The number of halogens is 1. The molecule has 90 valence electrons. The molecule has 1 aromatic rings. The molecular formula is C13H14ClNO2. The minimum Gasteiger partial charge on any atom is -0.371 e. The molecule has 0 aliphatic carbocycles. The summed E-state index contributed by atoms with van der Waals surface area (Å²) in [5, 5.41) is 0.725. The van der Waals surface area contributed by atoms with Gasteiger partial charge < -0.3 is 9.64 Å². The van der Waals surface area contributed by atoms with Crippen molar-refractivity contribution in [2.75, 3.05) is 6.61 Å². The van der Waals surface area contributed by atoms with E-state index in [9.17, 15) is 4.79 Å². The Balaban J connectivity index is 1.78. The maximum absolute atomic E-state index is 11.9. The van der Waals surface area contributed by atoms with Gasteiger partial charge in [0.05, 0.1) is 12.6 Å². The fourth-order valence-electron chi connectivity index (χ4n) is 2.44. The van der Waals surface area contributed by atoms with Gasteiger partial charge in [-0.3, -0.25) is 4.79 Å². The molecule has 0 radical (unpaired) electrons. The van der Waals surface area contributed by atoms with Crippen LogP contribution in [0.2, 0.25) is 5.02 Å². The van der Waals surface area contributed by atoms with Gasteiger partial charge in [0.2, 0.25) is 5.91 Å². The number of carbonyl (C=O) groups is 1. The van der Waals surface area contributed by atoms with Gasteiger partial charge in [0.1, 0.15) is 6.10 Å². The quantitative estimate of drug-likeness (QED) is 0.772. The van der Waals surface area contributed by atoms with Crippen LogP contribution in [0.5, 0.6) is 0 Å². The third-order valence-corrected chi connectivity index (χ3v) is 3.83. The van der Waals surface area contributed by atoms with Gasteiger partial charge >= 0.3 is 0 Å². The minimum absolute atomic E-state index is 0.213. The van der Waals surface area contributed by atoms with Gasteiger partial charge in [0.15, 0.2) is 0 Å². The van der Waals surface area contributed by atoms with E-state index < -0.39 is 0 Å². The van der Waals surface area contributed by atoms with Crippen molar-refractivity contribution in [3.63, 3.8) is 0 Å². The normalized spacial score (nSPS) is 27.6. The van der Waals surface area contributed by atoms with E-state index in [-0.39, 0.29) is 18.1 Å². The molecule has 0 spiro atoms. The summed E-state index contributed by atoms with van der Waals surface area (Å²) >= 11 is 6.12. The summed E-state index contributed by atoms with van der Waals surface area (Å²) in [6.07, 6.45) is 1.80. The summed E-state index contributed by atoms with van der Waals surface area (Å²) in [7, 11) is 0. The number of epoxide rings is 1. The molecule has 0 aromatic heterocycles. The molecule has 1 aromatic carbocycles. The largest absolute Gasteiger partial charge is 0.371 e. The smallest absolute Gasteiger partial charge is 0.223 e. The average Bonchev–Trinajstić information content (AvgIpc) is 3.09. The molecule has 2 heterocycles. The Kier molecular flexibility index (Phi) is 2.81. The molecule has 17 heavy (non-hydrogen) atoms. The van der Waals surface area contributed by atoms with Gasteiger partial charge in [-0.15, -0.1) is 0 Å². The van der Waals surface area contributed by atoms with Crippen molar-refractivity contribution in [2.45, 2.75) is 31.5 Å². The number of amides is 1. The molecule has 2 aliphatic rings. The number of benzene rings is 1. The molecule has 2 fully saturated rings. The van der Waals surface area contributed by atoms with E-state index in [0.717, 1.165) is 23.6 Å². The topological polar surface area (TPSA) is 32.8 Å². The lowest BCUT2D eigenvalue weighted by Crippen LogP contribution is -2.36. The zero-order chi connectivity index (χ0) is 11.8. The zero-order valence-corrected chi connectivity index (χ0v) is 10.2. The Hall–Kier alpha value is -1.06. The Morgan fingerprint density at radius 3 is 2.88 bits per heavy atom. The van der Waals surface area contributed by atoms with Crippen molar-refractivity contribution < 1.29 is 9.53 Å². The van der Waals surface area contributed by atoms with Crippen LogP contribution < -0.4 is 0 Å². The van der Waals surface area contributed by atoms with E-state index >= 15 is 0 Å². The van der Waals surface area contributed by atoms with Gasteiger partial charge in [-0.25, -0.2) is 0 Å². The number of rotatable bonds is 3. The molecule has 3 nitrogen and oxygen atoms in total. The van der Waals surface area contributed by atoms with Gasteiger partial charge in [-0.05, 0) is 18.1 Å². The minimum atomic E-state index is 0.213. The zero-order valence-electron chi connectivity index (χ0n) is 9.43. The first-order valence-electron chi connectivity index (χ1n) is 5.90. The third kappa shape index (κ3) is 2.17. The molecule has 0 saturated carbocycles. The maximum atomic E-state index is 11.9. The molecule has 2 aliphatic heterocycles. The lowest BCUT2D eigenvalue weighted by molar-refractivity contribution is -0.129. The Morgan fingerprint density at radius 2 is 2.18 bits per heavy atom. The number of nitrogens with zero attached hydrogens (tertiary/aromatic N) is 1. The maximum Gasteiger partial charge on any atom is 0.223 e. The summed E-state index contributed by atoms with van der Waals surface area (Å²) < 4.78 is 5.31. The highest BCUT2D eigenvalue weighted by atomic mass is 35.5. The first-order chi connectivity index (χ1) is 8.25. The van der Waals surface area contributed by atoms with Gasteiger partial charge in [-0.1, -0.05) is 29.8 Å². The first kappa shape index (κ1) is 11.1. The second kappa shape index (κ2) is 4.31. The second-order valence-electron chi connectivity index (χ2n) is 4.59. The van der Waals surface area contributed by atoms with Crippen LogP contribution in [0.4, 0.5) is 0 Å². The summed E-state index contributed by atoms with van der Waals surface area (Å²) in [5.41, 5.74) is 1.01. The highest BCUT2D eigenvalue weighted by Crippen LogP contribution is 2.31. The number of hydrogen-bond donors (Lipinski definition) is 0. The van der Waals surface area contributed by atoms with Crippen LogP contribution in [0.3, 0.4) is 0 Å². The molecule has 0 N–H and O–H groups in total. The van der Waals surface area contributed by atoms with Gasteiger partial charge in [-0.2, -0.15) is 0 Å². The second-order valence-corrected chi connectivity index (χ2v) is 5.00. The number of likely N-dealkylation sites (tertiary alicyclic amines) is 1. The first-order valence-corrected chi connectivity index (χ1v) is 6.28. The van der Waals surface area contributed by atoms with E-state index in [1.54, 1.807) is 0 Å². The lowest BCUT2D eigenvalue weighted by atomic mass is 10.1. The van der Waals surface area contributed by atoms with Crippen LogP contribution >= 0.6 is 11.6 Å². The van der Waals surface area contributed by atoms with Crippen LogP contribution in [0.1, 0.15) is 18.4 Å². The summed E-state index contributed by atoms with van der Waals surface area (Å²) in [5.74, 6) is 0.213. The predicted octanol–water partition coefficient (Wildman–Crippen LogP) is 2.23. The number of hydrogen-bond acceptors (Lipinski definition) is 2. The Morgan fingerprint density at radius 1 is 1.41 bits per heavy atom. The van der Waals surface area contributed by atoms with Crippen molar-refractivity contribution >= 4 is 17.5 Å².